The second kappa shape index (κ2) is 5.15. The van der Waals surface area contributed by atoms with Gasteiger partial charge in [0.05, 0.1) is 5.69 Å². The second-order valence-corrected chi connectivity index (χ2v) is 4.38. The van der Waals surface area contributed by atoms with Gasteiger partial charge in [0.1, 0.15) is 17.4 Å². The molecule has 1 saturated heterocycles. The molecule has 0 aliphatic carbocycles. The van der Waals surface area contributed by atoms with Gasteiger partial charge in [-0.05, 0) is 30.9 Å². The van der Waals surface area contributed by atoms with Crippen LogP contribution in [0.5, 0.6) is 0 Å². The molecule has 4 heteroatoms. The summed E-state index contributed by atoms with van der Waals surface area (Å²) >= 11 is 0. The molecule has 0 unspecified atom stereocenters. The second-order valence-electron chi connectivity index (χ2n) is 4.38. The SMILES string of the molecule is N#Cc1c(F)cccc1N1CCC[C@@H](CO)C1. The van der Waals surface area contributed by atoms with Crippen molar-refractivity contribution in [3.05, 3.63) is 29.6 Å². The van der Waals surface area contributed by atoms with Crippen molar-refractivity contribution in [3.63, 3.8) is 0 Å². The molecule has 1 heterocycles. The maximum Gasteiger partial charge on any atom is 0.143 e. The molecular formula is C13H15FN2O. The minimum atomic E-state index is -0.476. The van der Waals surface area contributed by atoms with Crippen molar-refractivity contribution in [1.29, 1.82) is 5.26 Å². The largest absolute Gasteiger partial charge is 0.396 e. The minimum Gasteiger partial charge on any atom is -0.396 e. The number of piperidine rings is 1. The molecule has 0 radical (unpaired) electrons. The Hall–Kier alpha value is -1.60. The average Bonchev–Trinajstić information content (AvgIpc) is 2.38. The average molecular weight is 234 g/mol. The fourth-order valence-electron chi connectivity index (χ4n) is 2.32. The van der Waals surface area contributed by atoms with Gasteiger partial charge in [-0.2, -0.15) is 5.26 Å². The van der Waals surface area contributed by atoms with Crippen LogP contribution in [0.15, 0.2) is 18.2 Å². The highest BCUT2D eigenvalue weighted by atomic mass is 19.1. The van der Waals surface area contributed by atoms with Crippen LogP contribution in [0.2, 0.25) is 0 Å². The lowest BCUT2D eigenvalue weighted by Crippen LogP contribution is -2.37. The molecule has 90 valence electrons. The third-order valence-corrected chi connectivity index (χ3v) is 3.22. The van der Waals surface area contributed by atoms with Crippen molar-refractivity contribution in [2.45, 2.75) is 12.8 Å². The van der Waals surface area contributed by atoms with E-state index in [4.69, 9.17) is 5.26 Å². The Morgan fingerprint density at radius 3 is 3.06 bits per heavy atom. The van der Waals surface area contributed by atoms with Gasteiger partial charge < -0.3 is 10.0 Å². The first-order valence-corrected chi connectivity index (χ1v) is 5.80. The van der Waals surface area contributed by atoms with Crippen LogP contribution in [0.4, 0.5) is 10.1 Å². The fraction of sp³-hybridized carbons (Fsp3) is 0.462. The minimum absolute atomic E-state index is 0.103. The maximum absolute atomic E-state index is 13.5. The van der Waals surface area contributed by atoms with Crippen LogP contribution in [0.25, 0.3) is 0 Å². The van der Waals surface area contributed by atoms with E-state index in [2.05, 4.69) is 0 Å². The summed E-state index contributed by atoms with van der Waals surface area (Å²) in [4.78, 5) is 1.99. The van der Waals surface area contributed by atoms with E-state index < -0.39 is 5.82 Å². The van der Waals surface area contributed by atoms with Gasteiger partial charge in [-0.1, -0.05) is 6.07 Å². The molecule has 1 N–H and O–H groups in total. The van der Waals surface area contributed by atoms with Gasteiger partial charge in [0.2, 0.25) is 0 Å². The number of benzene rings is 1. The number of rotatable bonds is 2. The lowest BCUT2D eigenvalue weighted by atomic mass is 9.98. The Kier molecular flexibility index (Phi) is 3.60. The molecule has 1 aliphatic rings. The van der Waals surface area contributed by atoms with E-state index in [1.165, 1.54) is 6.07 Å². The predicted molar refractivity (Wildman–Crippen MR) is 63.1 cm³/mol. The number of nitriles is 1. The van der Waals surface area contributed by atoms with Gasteiger partial charge in [0.25, 0.3) is 0 Å². The highest BCUT2D eigenvalue weighted by molar-refractivity contribution is 5.60. The standard InChI is InChI=1S/C13H15FN2O/c14-12-4-1-5-13(11(12)7-15)16-6-2-3-10(8-16)9-17/h1,4-5,10,17H,2-3,6,8-9H2/t10-/m1/s1. The van der Waals surface area contributed by atoms with Crippen molar-refractivity contribution in [2.24, 2.45) is 5.92 Å². The van der Waals surface area contributed by atoms with Crippen LogP contribution >= 0.6 is 0 Å². The number of anilines is 1. The molecule has 0 saturated carbocycles. The zero-order valence-corrected chi connectivity index (χ0v) is 9.56. The third-order valence-electron chi connectivity index (χ3n) is 3.22. The van der Waals surface area contributed by atoms with Crippen LogP contribution in [0.1, 0.15) is 18.4 Å². The molecule has 1 fully saturated rings. The van der Waals surface area contributed by atoms with Crippen LogP contribution in [-0.2, 0) is 0 Å². The van der Waals surface area contributed by atoms with E-state index in [0.717, 1.165) is 19.4 Å². The molecule has 2 rings (SSSR count). The van der Waals surface area contributed by atoms with Crippen LogP contribution in [0.3, 0.4) is 0 Å². The molecule has 1 aromatic rings. The van der Waals surface area contributed by atoms with Crippen molar-refractivity contribution in [1.82, 2.24) is 0 Å². The summed E-state index contributed by atoms with van der Waals surface area (Å²) in [5.41, 5.74) is 0.747. The van der Waals surface area contributed by atoms with Crippen LogP contribution < -0.4 is 4.90 Å². The summed E-state index contributed by atoms with van der Waals surface area (Å²) in [6.45, 7) is 1.65. The van der Waals surface area contributed by atoms with E-state index in [0.29, 0.717) is 12.2 Å². The van der Waals surface area contributed by atoms with Gasteiger partial charge in [-0.25, -0.2) is 4.39 Å². The molecule has 17 heavy (non-hydrogen) atoms. The number of aliphatic hydroxyl groups is 1. The Morgan fingerprint density at radius 1 is 1.53 bits per heavy atom. The van der Waals surface area contributed by atoms with E-state index in [-0.39, 0.29) is 18.1 Å². The van der Waals surface area contributed by atoms with E-state index in [9.17, 15) is 9.50 Å². The van der Waals surface area contributed by atoms with Gasteiger partial charge in [-0.3, -0.25) is 0 Å². The molecule has 1 aliphatic heterocycles. The molecule has 3 nitrogen and oxygen atoms in total. The van der Waals surface area contributed by atoms with Gasteiger partial charge in [0, 0.05) is 19.7 Å². The number of nitrogens with zero attached hydrogens (tertiary/aromatic N) is 2. The Labute approximate surface area is 100 Å². The van der Waals surface area contributed by atoms with Crippen LogP contribution in [0, 0.1) is 23.1 Å². The highest BCUT2D eigenvalue weighted by Crippen LogP contribution is 2.27. The highest BCUT2D eigenvalue weighted by Gasteiger charge is 2.22. The summed E-state index contributed by atoms with van der Waals surface area (Å²) in [6.07, 6.45) is 1.96. The molecule has 1 atom stereocenters. The number of hydrogen-bond donors (Lipinski definition) is 1. The quantitative estimate of drug-likeness (QED) is 0.850. The summed E-state index contributed by atoms with van der Waals surface area (Å²) < 4.78 is 13.5. The van der Waals surface area contributed by atoms with Crippen molar-refractivity contribution in [2.75, 3.05) is 24.6 Å². The van der Waals surface area contributed by atoms with Crippen molar-refractivity contribution in [3.8, 4) is 6.07 Å². The van der Waals surface area contributed by atoms with E-state index in [1.807, 2.05) is 11.0 Å². The molecule has 0 bridgehead atoms. The number of aliphatic hydroxyl groups excluding tert-OH is 1. The third kappa shape index (κ3) is 2.40. The monoisotopic (exact) mass is 234 g/mol. The van der Waals surface area contributed by atoms with Gasteiger partial charge >= 0.3 is 0 Å². The molecule has 0 amide bonds. The summed E-state index contributed by atoms with van der Waals surface area (Å²) in [5, 5.41) is 18.2. The summed E-state index contributed by atoms with van der Waals surface area (Å²) in [7, 11) is 0. The van der Waals surface area contributed by atoms with Gasteiger partial charge in [-0.15, -0.1) is 0 Å². The van der Waals surface area contributed by atoms with E-state index in [1.54, 1.807) is 12.1 Å². The van der Waals surface area contributed by atoms with Crippen molar-refractivity contribution < 1.29 is 9.50 Å². The Balaban J connectivity index is 2.28. The normalized spacial score (nSPS) is 20.1. The Morgan fingerprint density at radius 2 is 2.35 bits per heavy atom. The van der Waals surface area contributed by atoms with E-state index >= 15 is 0 Å². The first-order valence-electron chi connectivity index (χ1n) is 5.80. The summed E-state index contributed by atoms with van der Waals surface area (Å²) in [5.74, 6) is -0.255. The molecule has 1 aromatic carbocycles. The lowest BCUT2D eigenvalue weighted by Gasteiger charge is -2.34. The smallest absolute Gasteiger partial charge is 0.143 e. The van der Waals surface area contributed by atoms with Gasteiger partial charge in [0.15, 0.2) is 0 Å². The van der Waals surface area contributed by atoms with Crippen molar-refractivity contribution >= 4 is 5.69 Å². The zero-order chi connectivity index (χ0) is 12.3. The lowest BCUT2D eigenvalue weighted by molar-refractivity contribution is 0.208. The Bertz CT molecular complexity index is 442. The first kappa shape index (κ1) is 11.9. The summed E-state index contributed by atoms with van der Waals surface area (Å²) in [6, 6.07) is 6.60. The molecule has 0 aromatic heterocycles. The topological polar surface area (TPSA) is 47.3 Å². The number of hydrogen-bond acceptors (Lipinski definition) is 3. The van der Waals surface area contributed by atoms with Crippen LogP contribution in [-0.4, -0.2) is 24.8 Å². The maximum atomic E-state index is 13.5. The number of halogens is 1. The molecule has 0 spiro atoms. The molecular weight excluding hydrogens is 219 g/mol. The zero-order valence-electron chi connectivity index (χ0n) is 9.56. The first-order chi connectivity index (χ1) is 8.26. The predicted octanol–water partition coefficient (Wildman–Crippen LogP) is 1.91. The fourth-order valence-corrected chi connectivity index (χ4v) is 2.32.